The highest BCUT2D eigenvalue weighted by Crippen LogP contribution is 2.28. The first-order valence-corrected chi connectivity index (χ1v) is 16.3. The van der Waals surface area contributed by atoms with Crippen LogP contribution in [0.3, 0.4) is 0 Å². The highest BCUT2D eigenvalue weighted by Gasteiger charge is 2.31. The molecule has 0 fully saturated rings. The predicted octanol–water partition coefficient (Wildman–Crippen LogP) is 6.36. The molecule has 0 bridgehead atoms. The Bertz CT molecular complexity index is 1420. The van der Waals surface area contributed by atoms with E-state index in [9.17, 15) is 18.0 Å². The third-order valence-electron chi connectivity index (χ3n) is 6.46. The van der Waals surface area contributed by atoms with Crippen LogP contribution in [0, 0.1) is 0 Å². The molecule has 1 N–H and O–H groups in total. The number of nitrogens with zero attached hydrogens (tertiary/aromatic N) is 2. The number of halogens is 3. The first kappa shape index (κ1) is 32.7. The number of hydrogen-bond acceptors (Lipinski definition) is 4. The number of sulfonamides is 1. The molecule has 0 aliphatic rings. The van der Waals surface area contributed by atoms with Crippen molar-refractivity contribution >= 4 is 62.3 Å². The molecular weight excluding hydrogens is 605 g/mol. The zero-order valence-electron chi connectivity index (χ0n) is 23.0. The van der Waals surface area contributed by atoms with E-state index >= 15 is 0 Å². The minimum absolute atomic E-state index is 0.0124. The number of anilines is 1. The number of hydrogen-bond donors (Lipinski definition) is 1. The standard InChI is InChI=1S/C30H34Cl3N3O4S/c1-3-17-34-30(38)28(19-22-10-5-4-6-11-22)35(21-25-26(32)14-8-15-27(25)33)29(37)16-9-18-36(41(2,39)40)24-13-7-12-23(31)20-24/h4-8,10-15,20,28H,3,9,16-19,21H2,1-2H3,(H,34,38)/t28-/m0/s1. The predicted molar refractivity (Wildman–Crippen MR) is 167 cm³/mol. The second-order valence-electron chi connectivity index (χ2n) is 9.64. The van der Waals surface area contributed by atoms with Crippen LogP contribution in [0.2, 0.25) is 15.1 Å². The highest BCUT2D eigenvalue weighted by atomic mass is 35.5. The van der Waals surface area contributed by atoms with Crippen LogP contribution in [-0.4, -0.2) is 50.5 Å². The molecule has 2 amide bonds. The molecule has 220 valence electrons. The molecule has 3 aromatic rings. The first-order valence-electron chi connectivity index (χ1n) is 13.3. The van der Waals surface area contributed by atoms with Gasteiger partial charge in [0.1, 0.15) is 6.04 Å². The molecule has 7 nitrogen and oxygen atoms in total. The van der Waals surface area contributed by atoms with Gasteiger partial charge in [0.05, 0.1) is 11.9 Å². The molecule has 0 heterocycles. The molecule has 0 spiro atoms. The first-order chi connectivity index (χ1) is 19.5. The second kappa shape index (κ2) is 15.4. The van der Waals surface area contributed by atoms with Crippen molar-refractivity contribution in [2.75, 3.05) is 23.7 Å². The Hall–Kier alpha value is -2.78. The van der Waals surface area contributed by atoms with Gasteiger partial charge < -0.3 is 10.2 Å². The lowest BCUT2D eigenvalue weighted by Crippen LogP contribution is -2.50. The number of rotatable bonds is 14. The lowest BCUT2D eigenvalue weighted by molar-refractivity contribution is -0.141. The van der Waals surface area contributed by atoms with E-state index in [2.05, 4.69) is 5.32 Å². The van der Waals surface area contributed by atoms with E-state index in [0.29, 0.717) is 32.9 Å². The lowest BCUT2D eigenvalue weighted by Gasteiger charge is -2.32. The Morgan fingerprint density at radius 2 is 1.59 bits per heavy atom. The summed E-state index contributed by atoms with van der Waals surface area (Å²) in [6.07, 6.45) is 2.32. The van der Waals surface area contributed by atoms with Crippen LogP contribution in [0.5, 0.6) is 0 Å². The van der Waals surface area contributed by atoms with Gasteiger partial charge in [-0.2, -0.15) is 0 Å². The van der Waals surface area contributed by atoms with Gasteiger partial charge in [-0.05, 0) is 48.7 Å². The average molecular weight is 639 g/mol. The SMILES string of the molecule is CCCNC(=O)[C@H](Cc1ccccc1)N(Cc1c(Cl)cccc1Cl)C(=O)CCCN(c1cccc(Cl)c1)S(C)(=O)=O. The highest BCUT2D eigenvalue weighted by molar-refractivity contribution is 7.92. The van der Waals surface area contributed by atoms with Crippen LogP contribution in [0.15, 0.2) is 72.8 Å². The van der Waals surface area contributed by atoms with Gasteiger partial charge in [-0.3, -0.25) is 13.9 Å². The minimum Gasteiger partial charge on any atom is -0.354 e. The average Bonchev–Trinajstić information content (AvgIpc) is 2.92. The number of benzene rings is 3. The maximum atomic E-state index is 13.9. The number of carbonyl (C=O) groups is 2. The fraction of sp³-hybridized carbons (Fsp3) is 0.333. The summed E-state index contributed by atoms with van der Waals surface area (Å²) < 4.78 is 26.4. The van der Waals surface area contributed by atoms with Gasteiger partial charge >= 0.3 is 0 Å². The Morgan fingerprint density at radius 1 is 0.927 bits per heavy atom. The molecule has 0 aromatic heterocycles. The van der Waals surface area contributed by atoms with Crippen molar-refractivity contribution in [2.45, 2.75) is 45.2 Å². The van der Waals surface area contributed by atoms with Crippen molar-refractivity contribution in [1.29, 1.82) is 0 Å². The number of carbonyl (C=O) groups excluding carboxylic acids is 2. The molecule has 0 radical (unpaired) electrons. The van der Waals surface area contributed by atoms with Crippen LogP contribution in [0.1, 0.15) is 37.3 Å². The second-order valence-corrected chi connectivity index (χ2v) is 12.8. The van der Waals surface area contributed by atoms with Crippen molar-refractivity contribution < 1.29 is 18.0 Å². The van der Waals surface area contributed by atoms with Crippen LogP contribution in [-0.2, 0) is 32.6 Å². The summed E-state index contributed by atoms with van der Waals surface area (Å²) in [7, 11) is -3.64. The maximum Gasteiger partial charge on any atom is 0.243 e. The summed E-state index contributed by atoms with van der Waals surface area (Å²) in [5.41, 5.74) is 1.83. The van der Waals surface area contributed by atoms with Gasteiger partial charge in [-0.25, -0.2) is 8.42 Å². The van der Waals surface area contributed by atoms with Gasteiger partial charge in [-0.15, -0.1) is 0 Å². The summed E-state index contributed by atoms with van der Waals surface area (Å²) in [4.78, 5) is 28.8. The minimum atomic E-state index is -3.64. The van der Waals surface area contributed by atoms with Crippen molar-refractivity contribution in [2.24, 2.45) is 0 Å². The fourth-order valence-corrected chi connectivity index (χ4v) is 6.07. The van der Waals surface area contributed by atoms with Gasteiger partial charge in [0.15, 0.2) is 0 Å². The zero-order chi connectivity index (χ0) is 30.0. The zero-order valence-corrected chi connectivity index (χ0v) is 26.1. The van der Waals surface area contributed by atoms with Crippen LogP contribution >= 0.6 is 34.8 Å². The summed E-state index contributed by atoms with van der Waals surface area (Å²) in [5, 5.41) is 4.09. The summed E-state index contributed by atoms with van der Waals surface area (Å²) >= 11 is 19.0. The van der Waals surface area contributed by atoms with Gasteiger partial charge in [0.2, 0.25) is 21.8 Å². The molecule has 11 heteroatoms. The van der Waals surface area contributed by atoms with E-state index < -0.39 is 16.1 Å². The molecule has 0 saturated carbocycles. The van der Waals surface area contributed by atoms with E-state index in [1.54, 1.807) is 42.5 Å². The van der Waals surface area contributed by atoms with Gasteiger partial charge in [0, 0.05) is 53.1 Å². The molecule has 3 rings (SSSR count). The van der Waals surface area contributed by atoms with Gasteiger partial charge in [0.25, 0.3) is 0 Å². The van der Waals surface area contributed by atoms with Crippen molar-refractivity contribution in [3.63, 3.8) is 0 Å². The molecule has 0 aliphatic carbocycles. The van der Waals surface area contributed by atoms with E-state index in [1.165, 1.54) is 9.21 Å². The molecular formula is C30H34Cl3N3O4S. The number of amides is 2. The van der Waals surface area contributed by atoms with Gasteiger partial charge in [-0.1, -0.05) is 84.2 Å². The van der Waals surface area contributed by atoms with E-state index in [1.807, 2.05) is 37.3 Å². The van der Waals surface area contributed by atoms with Crippen LogP contribution in [0.4, 0.5) is 5.69 Å². The van der Waals surface area contributed by atoms with E-state index in [0.717, 1.165) is 18.2 Å². The Balaban J connectivity index is 1.91. The summed E-state index contributed by atoms with van der Waals surface area (Å²) in [5.74, 6) is -0.614. The Kier molecular flexibility index (Phi) is 12.3. The van der Waals surface area contributed by atoms with E-state index in [-0.39, 0.29) is 44.2 Å². The molecule has 41 heavy (non-hydrogen) atoms. The third-order valence-corrected chi connectivity index (χ3v) is 8.60. The topological polar surface area (TPSA) is 86.8 Å². The molecule has 3 aromatic carbocycles. The Labute approximate surface area is 257 Å². The quantitative estimate of drug-likeness (QED) is 0.223. The Morgan fingerprint density at radius 3 is 2.20 bits per heavy atom. The van der Waals surface area contributed by atoms with Crippen LogP contribution < -0.4 is 9.62 Å². The fourth-order valence-electron chi connectivity index (χ4n) is 4.41. The van der Waals surface area contributed by atoms with E-state index in [4.69, 9.17) is 34.8 Å². The normalized spacial score (nSPS) is 12.0. The molecule has 0 aliphatic heterocycles. The largest absolute Gasteiger partial charge is 0.354 e. The van der Waals surface area contributed by atoms with Crippen LogP contribution in [0.25, 0.3) is 0 Å². The maximum absolute atomic E-state index is 13.9. The van der Waals surface area contributed by atoms with Crippen molar-refractivity contribution in [1.82, 2.24) is 10.2 Å². The monoisotopic (exact) mass is 637 g/mol. The third kappa shape index (κ3) is 9.64. The number of nitrogens with one attached hydrogen (secondary N) is 1. The molecule has 1 atom stereocenters. The molecule has 0 unspecified atom stereocenters. The smallest absolute Gasteiger partial charge is 0.243 e. The van der Waals surface area contributed by atoms with Crippen molar-refractivity contribution in [3.8, 4) is 0 Å². The molecule has 0 saturated heterocycles. The summed E-state index contributed by atoms with van der Waals surface area (Å²) in [6.45, 7) is 2.48. The van der Waals surface area contributed by atoms with Crippen molar-refractivity contribution in [3.05, 3.63) is 99.0 Å². The lowest BCUT2D eigenvalue weighted by atomic mass is 10.0. The summed E-state index contributed by atoms with van der Waals surface area (Å²) in [6, 6.07) is 20.2.